The minimum atomic E-state index is 0.155. The first-order valence-electron chi connectivity index (χ1n) is 9.50. The molecule has 1 heterocycles. The molecule has 0 aliphatic heterocycles. The van der Waals surface area contributed by atoms with E-state index in [0.29, 0.717) is 6.54 Å². The predicted molar refractivity (Wildman–Crippen MR) is 110 cm³/mol. The van der Waals surface area contributed by atoms with E-state index in [1.807, 2.05) is 16.9 Å². The first kappa shape index (κ1) is 19.3. The third-order valence-corrected chi connectivity index (χ3v) is 4.92. The molecule has 0 unspecified atom stereocenters. The molecule has 0 amide bonds. The maximum atomic E-state index is 9.51. The summed E-state index contributed by atoms with van der Waals surface area (Å²) in [5, 5.41) is 14.0. The molecule has 0 aliphatic carbocycles. The molecule has 3 rings (SSSR count). The highest BCUT2D eigenvalue weighted by Gasteiger charge is 2.12. The average Bonchev–Trinajstić information content (AvgIpc) is 3.06. The van der Waals surface area contributed by atoms with Gasteiger partial charge in [0.2, 0.25) is 0 Å². The van der Waals surface area contributed by atoms with Gasteiger partial charge in [0.25, 0.3) is 0 Å². The summed E-state index contributed by atoms with van der Waals surface area (Å²) in [6.45, 7) is 9.67. The molecule has 0 radical (unpaired) electrons. The van der Waals surface area contributed by atoms with Gasteiger partial charge in [-0.25, -0.2) is 0 Å². The van der Waals surface area contributed by atoms with Gasteiger partial charge in [0.1, 0.15) is 0 Å². The predicted octanol–water partition coefficient (Wildman–Crippen LogP) is 3.85. The number of aliphatic hydroxyl groups excluding tert-OH is 1. The van der Waals surface area contributed by atoms with Crippen LogP contribution in [-0.2, 0) is 19.6 Å². The number of aliphatic hydroxyl groups is 1. The Kier molecular flexibility index (Phi) is 6.43. The number of hydrogen-bond acceptors (Lipinski definition) is 3. The highest BCUT2D eigenvalue weighted by Crippen LogP contribution is 2.19. The van der Waals surface area contributed by atoms with Crippen LogP contribution in [0.25, 0.3) is 0 Å². The third kappa shape index (κ3) is 5.28. The van der Waals surface area contributed by atoms with Crippen LogP contribution in [0.1, 0.15) is 33.4 Å². The molecule has 1 aromatic heterocycles. The van der Waals surface area contributed by atoms with Crippen molar-refractivity contribution in [3.63, 3.8) is 0 Å². The summed E-state index contributed by atoms with van der Waals surface area (Å²) < 4.78 is 1.98. The molecule has 2 aromatic carbocycles. The molecule has 3 aromatic rings. The van der Waals surface area contributed by atoms with Crippen molar-refractivity contribution in [2.24, 2.45) is 0 Å². The monoisotopic (exact) mass is 363 g/mol. The van der Waals surface area contributed by atoms with Gasteiger partial charge < -0.3 is 5.11 Å². The van der Waals surface area contributed by atoms with Crippen molar-refractivity contribution in [2.45, 2.75) is 40.4 Å². The van der Waals surface area contributed by atoms with E-state index in [1.54, 1.807) is 0 Å². The molecule has 0 fully saturated rings. The van der Waals surface area contributed by atoms with Crippen LogP contribution in [0.5, 0.6) is 0 Å². The van der Waals surface area contributed by atoms with Gasteiger partial charge in [-0.2, -0.15) is 5.10 Å². The van der Waals surface area contributed by atoms with Gasteiger partial charge in [0.05, 0.1) is 19.3 Å². The summed E-state index contributed by atoms with van der Waals surface area (Å²) in [7, 11) is 0. The summed E-state index contributed by atoms with van der Waals surface area (Å²) in [5.74, 6) is 0. The SMILES string of the molecule is Cc1cc(C)c(CN(CCO)Cc2cnn(Cc3ccccc3)c2)c(C)c1. The summed E-state index contributed by atoms with van der Waals surface area (Å²) in [6.07, 6.45) is 4.04. The number of nitrogens with zero attached hydrogens (tertiary/aromatic N) is 3. The molecular weight excluding hydrogens is 334 g/mol. The molecule has 0 bridgehead atoms. The average molecular weight is 364 g/mol. The molecule has 0 saturated heterocycles. The highest BCUT2D eigenvalue weighted by molar-refractivity contribution is 5.37. The highest BCUT2D eigenvalue weighted by atomic mass is 16.3. The van der Waals surface area contributed by atoms with E-state index >= 15 is 0 Å². The molecular formula is C23H29N3O. The smallest absolute Gasteiger partial charge is 0.0659 e. The van der Waals surface area contributed by atoms with Crippen molar-refractivity contribution >= 4 is 0 Å². The van der Waals surface area contributed by atoms with Crippen molar-refractivity contribution in [3.05, 3.63) is 88.2 Å². The Hall–Kier alpha value is -2.43. The van der Waals surface area contributed by atoms with Gasteiger partial charge in [-0.1, -0.05) is 48.0 Å². The zero-order valence-electron chi connectivity index (χ0n) is 16.5. The minimum absolute atomic E-state index is 0.155. The van der Waals surface area contributed by atoms with E-state index in [4.69, 9.17) is 0 Å². The summed E-state index contributed by atoms with van der Waals surface area (Å²) in [5.41, 5.74) is 7.69. The normalized spacial score (nSPS) is 11.3. The molecule has 0 aliphatic rings. The van der Waals surface area contributed by atoms with Gasteiger partial charge >= 0.3 is 0 Å². The first-order chi connectivity index (χ1) is 13.0. The number of rotatable bonds is 8. The topological polar surface area (TPSA) is 41.3 Å². The minimum Gasteiger partial charge on any atom is -0.395 e. The van der Waals surface area contributed by atoms with E-state index in [2.05, 4.69) is 73.4 Å². The lowest BCUT2D eigenvalue weighted by Gasteiger charge is -2.23. The molecule has 4 heteroatoms. The van der Waals surface area contributed by atoms with Crippen LogP contribution in [0.4, 0.5) is 0 Å². The van der Waals surface area contributed by atoms with Crippen LogP contribution in [-0.4, -0.2) is 32.9 Å². The quantitative estimate of drug-likeness (QED) is 0.661. The number of aromatic nitrogens is 2. The van der Waals surface area contributed by atoms with Crippen LogP contribution >= 0.6 is 0 Å². The van der Waals surface area contributed by atoms with Crippen LogP contribution in [0.2, 0.25) is 0 Å². The Balaban J connectivity index is 1.70. The second kappa shape index (κ2) is 8.98. The molecule has 1 N–H and O–H groups in total. The lowest BCUT2D eigenvalue weighted by atomic mass is 9.99. The van der Waals surface area contributed by atoms with E-state index in [1.165, 1.54) is 33.4 Å². The fraction of sp³-hybridized carbons (Fsp3) is 0.348. The molecule has 27 heavy (non-hydrogen) atoms. The van der Waals surface area contributed by atoms with Crippen LogP contribution in [0.3, 0.4) is 0 Å². The van der Waals surface area contributed by atoms with Crippen LogP contribution in [0, 0.1) is 20.8 Å². The molecule has 0 atom stereocenters. The van der Waals surface area contributed by atoms with Gasteiger partial charge in [0, 0.05) is 31.4 Å². The Morgan fingerprint density at radius 3 is 2.33 bits per heavy atom. The number of benzene rings is 2. The maximum Gasteiger partial charge on any atom is 0.0659 e. The molecule has 0 spiro atoms. The molecule has 4 nitrogen and oxygen atoms in total. The standard InChI is InChI=1S/C23H29N3O/c1-18-11-19(2)23(20(3)12-18)17-25(9-10-27)14-22-13-24-26(16-22)15-21-7-5-4-6-8-21/h4-8,11-13,16,27H,9-10,14-15,17H2,1-3H3. The van der Waals surface area contributed by atoms with E-state index < -0.39 is 0 Å². The maximum absolute atomic E-state index is 9.51. The Labute approximate surface area is 162 Å². The molecule has 0 saturated carbocycles. The van der Waals surface area contributed by atoms with E-state index in [0.717, 1.165) is 19.6 Å². The van der Waals surface area contributed by atoms with Gasteiger partial charge in [-0.15, -0.1) is 0 Å². The van der Waals surface area contributed by atoms with Crippen LogP contribution in [0.15, 0.2) is 54.9 Å². The summed E-state index contributed by atoms with van der Waals surface area (Å²) >= 11 is 0. The zero-order valence-corrected chi connectivity index (χ0v) is 16.5. The molecule has 142 valence electrons. The zero-order chi connectivity index (χ0) is 19.2. The van der Waals surface area contributed by atoms with Crippen molar-refractivity contribution in [3.8, 4) is 0 Å². The van der Waals surface area contributed by atoms with E-state index in [9.17, 15) is 5.11 Å². The fourth-order valence-corrected chi connectivity index (χ4v) is 3.64. The van der Waals surface area contributed by atoms with Gasteiger partial charge in [0.15, 0.2) is 0 Å². The fourth-order valence-electron chi connectivity index (χ4n) is 3.64. The van der Waals surface area contributed by atoms with Crippen molar-refractivity contribution in [1.82, 2.24) is 14.7 Å². The number of aryl methyl sites for hydroxylation is 3. The number of hydrogen-bond donors (Lipinski definition) is 1. The van der Waals surface area contributed by atoms with Crippen LogP contribution < -0.4 is 0 Å². The van der Waals surface area contributed by atoms with Crippen molar-refractivity contribution in [1.29, 1.82) is 0 Å². The second-order valence-electron chi connectivity index (χ2n) is 7.34. The van der Waals surface area contributed by atoms with Crippen molar-refractivity contribution in [2.75, 3.05) is 13.2 Å². The Morgan fingerprint density at radius 1 is 0.963 bits per heavy atom. The largest absolute Gasteiger partial charge is 0.395 e. The lowest BCUT2D eigenvalue weighted by Crippen LogP contribution is -2.26. The first-order valence-corrected chi connectivity index (χ1v) is 9.50. The van der Waals surface area contributed by atoms with Gasteiger partial charge in [-0.3, -0.25) is 9.58 Å². The Bertz CT molecular complexity index is 847. The lowest BCUT2D eigenvalue weighted by molar-refractivity contribution is 0.184. The van der Waals surface area contributed by atoms with E-state index in [-0.39, 0.29) is 6.61 Å². The summed E-state index contributed by atoms with van der Waals surface area (Å²) in [4.78, 5) is 2.29. The third-order valence-electron chi connectivity index (χ3n) is 4.92. The summed E-state index contributed by atoms with van der Waals surface area (Å²) in [6, 6.07) is 14.8. The van der Waals surface area contributed by atoms with Gasteiger partial charge in [-0.05, 0) is 43.0 Å². The second-order valence-corrected chi connectivity index (χ2v) is 7.34. The Morgan fingerprint density at radius 2 is 1.67 bits per heavy atom. The van der Waals surface area contributed by atoms with Crippen molar-refractivity contribution < 1.29 is 5.11 Å².